The number of hydrogen-bond acceptors (Lipinski definition) is 2. The van der Waals surface area contributed by atoms with Gasteiger partial charge in [0.1, 0.15) is 6.61 Å². The van der Waals surface area contributed by atoms with E-state index < -0.39 is 8.18 Å². The maximum absolute atomic E-state index is 9.91. The van der Waals surface area contributed by atoms with E-state index in [4.69, 9.17) is 5.50 Å². The van der Waals surface area contributed by atoms with Gasteiger partial charge in [-0.15, -0.1) is 4.52 Å². The predicted molar refractivity (Wildman–Crippen MR) is 28.0 cm³/mol. The van der Waals surface area contributed by atoms with Crippen LogP contribution < -0.4 is 5.50 Å². The van der Waals surface area contributed by atoms with Crippen molar-refractivity contribution >= 4 is 8.18 Å². The topological polar surface area (TPSA) is 52.3 Å². The van der Waals surface area contributed by atoms with Crippen LogP contribution in [-0.2, 0) is 9.09 Å². The molecule has 42 valence electrons. The summed E-state index contributed by atoms with van der Waals surface area (Å²) < 4.78 is 14.4. The third-order valence-electron chi connectivity index (χ3n) is 0.423. The van der Waals surface area contributed by atoms with Crippen molar-refractivity contribution < 1.29 is 9.09 Å². The highest BCUT2D eigenvalue weighted by molar-refractivity contribution is 7.36. The first-order chi connectivity index (χ1) is 3.27. The van der Waals surface area contributed by atoms with Gasteiger partial charge in [-0.2, -0.15) is 0 Å². The molecule has 0 aromatic carbocycles. The van der Waals surface area contributed by atoms with Gasteiger partial charge in [0.2, 0.25) is 0 Å². The van der Waals surface area contributed by atoms with Gasteiger partial charge >= 0.3 is 8.18 Å². The summed E-state index contributed by atoms with van der Waals surface area (Å²) in [7, 11) is -1.86. The number of rotatable bonds is 3. The fraction of sp³-hybridized carbons (Fsp3) is 1.00. The fourth-order valence-corrected chi connectivity index (χ4v) is 0.544. The molecule has 0 aromatic rings. The SMILES string of the molecule is CCCO[P+](N)=O. The molecule has 0 heterocycles. The minimum atomic E-state index is -1.86. The van der Waals surface area contributed by atoms with E-state index in [0.717, 1.165) is 6.42 Å². The van der Waals surface area contributed by atoms with Crippen LogP contribution in [0.25, 0.3) is 0 Å². The highest BCUT2D eigenvalue weighted by atomic mass is 31.1. The van der Waals surface area contributed by atoms with Crippen LogP contribution in [0.2, 0.25) is 0 Å². The highest BCUT2D eigenvalue weighted by Gasteiger charge is 2.04. The molecule has 0 rings (SSSR count). The van der Waals surface area contributed by atoms with Crippen LogP contribution in [-0.4, -0.2) is 6.61 Å². The molecule has 0 saturated carbocycles. The number of hydrogen-bond donors (Lipinski definition) is 1. The standard InChI is InChI=1S/C3H9NO2P/c1-2-3-6-7(4)5/h2-3H2,1H3,(H2,4,5)/q+1. The second kappa shape index (κ2) is 4.19. The molecule has 2 N–H and O–H groups in total. The summed E-state index contributed by atoms with van der Waals surface area (Å²) in [6, 6.07) is 0. The molecule has 0 aliphatic rings. The van der Waals surface area contributed by atoms with Crippen LogP contribution >= 0.6 is 8.18 Å². The smallest absolute Gasteiger partial charge is 0.130 e. The van der Waals surface area contributed by atoms with Crippen molar-refractivity contribution in [3.05, 3.63) is 0 Å². The second-order valence-electron chi connectivity index (χ2n) is 1.12. The van der Waals surface area contributed by atoms with Crippen molar-refractivity contribution in [2.24, 2.45) is 5.50 Å². The van der Waals surface area contributed by atoms with Crippen molar-refractivity contribution in [1.82, 2.24) is 0 Å². The minimum absolute atomic E-state index is 0.492. The van der Waals surface area contributed by atoms with Gasteiger partial charge in [-0.3, -0.25) is 0 Å². The van der Waals surface area contributed by atoms with Gasteiger partial charge in [-0.25, -0.2) is 0 Å². The molecule has 0 aliphatic heterocycles. The molecule has 4 heteroatoms. The lowest BCUT2D eigenvalue weighted by molar-refractivity contribution is 0.329. The zero-order valence-electron chi connectivity index (χ0n) is 4.26. The van der Waals surface area contributed by atoms with E-state index in [0.29, 0.717) is 6.61 Å². The summed E-state index contributed by atoms with van der Waals surface area (Å²) >= 11 is 0. The molecule has 0 radical (unpaired) electrons. The molecule has 0 aromatic heterocycles. The van der Waals surface area contributed by atoms with Crippen LogP contribution in [0.5, 0.6) is 0 Å². The molecule has 0 fully saturated rings. The van der Waals surface area contributed by atoms with E-state index in [-0.39, 0.29) is 0 Å². The summed E-state index contributed by atoms with van der Waals surface area (Å²) in [4.78, 5) is 0. The quantitative estimate of drug-likeness (QED) is 0.568. The molecule has 1 atom stereocenters. The Kier molecular flexibility index (Phi) is 4.20. The third kappa shape index (κ3) is 6.02. The summed E-state index contributed by atoms with van der Waals surface area (Å²) in [5.74, 6) is 0. The minimum Gasteiger partial charge on any atom is -0.130 e. The molecule has 3 nitrogen and oxygen atoms in total. The van der Waals surface area contributed by atoms with Crippen molar-refractivity contribution in [3.8, 4) is 0 Å². The predicted octanol–water partition coefficient (Wildman–Crippen LogP) is 1.03. The van der Waals surface area contributed by atoms with Crippen molar-refractivity contribution in [3.63, 3.8) is 0 Å². The number of nitrogens with two attached hydrogens (primary N) is 1. The van der Waals surface area contributed by atoms with Crippen LogP contribution in [0.3, 0.4) is 0 Å². The van der Waals surface area contributed by atoms with Crippen LogP contribution in [0.15, 0.2) is 0 Å². The normalized spacial score (nSPS) is 11.4. The third-order valence-corrected chi connectivity index (χ3v) is 0.860. The molecule has 0 saturated heterocycles. The van der Waals surface area contributed by atoms with Crippen molar-refractivity contribution in [2.45, 2.75) is 13.3 Å². The summed E-state index contributed by atoms with van der Waals surface area (Å²) in [6.45, 7) is 2.42. The van der Waals surface area contributed by atoms with E-state index >= 15 is 0 Å². The summed E-state index contributed by atoms with van der Waals surface area (Å²) in [6.07, 6.45) is 0.859. The van der Waals surface area contributed by atoms with Gasteiger partial charge in [-0.05, 0) is 11.0 Å². The van der Waals surface area contributed by atoms with E-state index in [1.165, 1.54) is 0 Å². The van der Waals surface area contributed by atoms with Gasteiger partial charge in [0.25, 0.3) is 0 Å². The maximum Gasteiger partial charge on any atom is 0.610 e. The lowest BCUT2D eigenvalue weighted by atomic mass is 10.5. The average molecular weight is 122 g/mol. The van der Waals surface area contributed by atoms with Crippen molar-refractivity contribution in [1.29, 1.82) is 0 Å². The molecule has 0 spiro atoms. The Hall–Kier alpha value is 0.0200. The first kappa shape index (κ1) is 7.02. The van der Waals surface area contributed by atoms with Gasteiger partial charge in [0, 0.05) is 0 Å². The first-order valence-electron chi connectivity index (χ1n) is 2.12. The maximum atomic E-state index is 9.91. The Bertz CT molecular complexity index is 66.0. The Morgan fingerprint density at radius 2 is 2.43 bits per heavy atom. The van der Waals surface area contributed by atoms with E-state index in [1.807, 2.05) is 6.92 Å². The Morgan fingerprint density at radius 1 is 1.86 bits per heavy atom. The van der Waals surface area contributed by atoms with Crippen molar-refractivity contribution in [2.75, 3.05) is 6.61 Å². The Balaban J connectivity index is 2.82. The molecule has 0 bridgehead atoms. The summed E-state index contributed by atoms with van der Waals surface area (Å²) in [5.41, 5.74) is 4.77. The van der Waals surface area contributed by atoms with E-state index in [2.05, 4.69) is 4.52 Å². The first-order valence-corrected chi connectivity index (χ1v) is 3.37. The van der Waals surface area contributed by atoms with Crippen LogP contribution in [0.4, 0.5) is 0 Å². The van der Waals surface area contributed by atoms with Gasteiger partial charge in [0.15, 0.2) is 0 Å². The van der Waals surface area contributed by atoms with Crippen LogP contribution in [0.1, 0.15) is 13.3 Å². The zero-order chi connectivity index (χ0) is 5.70. The van der Waals surface area contributed by atoms with E-state index in [1.54, 1.807) is 0 Å². The second-order valence-corrected chi connectivity index (χ2v) is 1.95. The molecule has 0 aliphatic carbocycles. The zero-order valence-corrected chi connectivity index (χ0v) is 5.15. The van der Waals surface area contributed by atoms with E-state index in [9.17, 15) is 4.57 Å². The Labute approximate surface area is 43.8 Å². The lowest BCUT2D eigenvalue weighted by Gasteiger charge is -1.77. The average Bonchev–Trinajstić information content (AvgIpc) is 1.61. The van der Waals surface area contributed by atoms with Crippen LogP contribution in [0, 0.1) is 0 Å². The molecule has 1 unspecified atom stereocenters. The Morgan fingerprint density at radius 3 is 2.57 bits per heavy atom. The van der Waals surface area contributed by atoms with Gasteiger partial charge in [0.05, 0.1) is 0 Å². The molecular formula is C3H9NO2P+. The fourth-order valence-electron chi connectivity index (χ4n) is 0.181. The van der Waals surface area contributed by atoms with Gasteiger partial charge < -0.3 is 0 Å². The monoisotopic (exact) mass is 122 g/mol. The lowest BCUT2D eigenvalue weighted by Crippen LogP contribution is -1.86. The summed E-state index contributed by atoms with van der Waals surface area (Å²) in [5, 5.41) is 0. The molecular weight excluding hydrogens is 113 g/mol. The van der Waals surface area contributed by atoms with Gasteiger partial charge in [-0.1, -0.05) is 12.4 Å². The highest BCUT2D eigenvalue weighted by Crippen LogP contribution is 2.08. The molecule has 0 amide bonds. The molecule has 7 heavy (non-hydrogen) atoms. The largest absolute Gasteiger partial charge is 0.610 e.